The van der Waals surface area contributed by atoms with Crippen LogP contribution in [-0.4, -0.2) is 35.6 Å². The number of carbonyl (C=O) groups excluding carboxylic acids is 1. The Labute approximate surface area is 153 Å². The van der Waals surface area contributed by atoms with Gasteiger partial charge in [-0.25, -0.2) is 0 Å². The van der Waals surface area contributed by atoms with Crippen molar-refractivity contribution in [3.05, 3.63) is 48.2 Å². The van der Waals surface area contributed by atoms with Crippen LogP contribution in [0.2, 0.25) is 0 Å². The average Bonchev–Trinajstić information content (AvgIpc) is 2.64. The number of rotatable bonds is 8. The summed E-state index contributed by atoms with van der Waals surface area (Å²) in [6.07, 6.45) is 2.18. The summed E-state index contributed by atoms with van der Waals surface area (Å²) in [5.74, 6) is -0.969. The van der Waals surface area contributed by atoms with Gasteiger partial charge in [-0.15, -0.1) is 0 Å². The SMILES string of the molecule is COc1ccc(C(=O)NCC(CC(C)C)C(=O)O)cc1-c1ccccn1. The molecule has 1 aromatic heterocycles. The van der Waals surface area contributed by atoms with Gasteiger partial charge in [-0.2, -0.15) is 0 Å². The molecule has 6 heteroatoms. The summed E-state index contributed by atoms with van der Waals surface area (Å²) in [5.41, 5.74) is 1.83. The molecule has 0 radical (unpaired) electrons. The predicted octanol–water partition coefficient (Wildman–Crippen LogP) is 3.23. The number of ether oxygens (including phenoxy) is 1. The van der Waals surface area contributed by atoms with Crippen molar-refractivity contribution in [2.24, 2.45) is 11.8 Å². The Bertz CT molecular complexity index is 760. The van der Waals surface area contributed by atoms with Crippen molar-refractivity contribution in [2.75, 3.05) is 13.7 Å². The van der Waals surface area contributed by atoms with Crippen molar-refractivity contribution in [1.29, 1.82) is 0 Å². The van der Waals surface area contributed by atoms with Crippen molar-refractivity contribution < 1.29 is 19.4 Å². The number of nitrogens with zero attached hydrogens (tertiary/aromatic N) is 1. The van der Waals surface area contributed by atoms with Crippen LogP contribution in [0.1, 0.15) is 30.6 Å². The minimum absolute atomic E-state index is 0.0945. The predicted molar refractivity (Wildman–Crippen MR) is 99.1 cm³/mol. The highest BCUT2D eigenvalue weighted by Gasteiger charge is 2.20. The first kappa shape index (κ1) is 19.4. The topological polar surface area (TPSA) is 88.5 Å². The van der Waals surface area contributed by atoms with Gasteiger partial charge >= 0.3 is 5.97 Å². The maximum atomic E-state index is 12.5. The van der Waals surface area contributed by atoms with E-state index in [4.69, 9.17) is 4.74 Å². The van der Waals surface area contributed by atoms with Crippen molar-refractivity contribution >= 4 is 11.9 Å². The molecule has 1 heterocycles. The molecule has 2 N–H and O–H groups in total. The lowest BCUT2D eigenvalue weighted by atomic mass is 9.97. The number of carboxylic acids is 1. The molecule has 0 fully saturated rings. The molecule has 0 aliphatic carbocycles. The Kier molecular flexibility index (Phi) is 6.72. The van der Waals surface area contributed by atoms with E-state index in [1.807, 2.05) is 32.0 Å². The molecule has 26 heavy (non-hydrogen) atoms. The van der Waals surface area contributed by atoms with Crippen LogP contribution in [-0.2, 0) is 4.79 Å². The number of aromatic nitrogens is 1. The summed E-state index contributed by atoms with van der Waals surface area (Å²) >= 11 is 0. The molecule has 2 rings (SSSR count). The van der Waals surface area contributed by atoms with Crippen LogP contribution < -0.4 is 10.1 Å². The van der Waals surface area contributed by atoms with Crippen molar-refractivity contribution in [1.82, 2.24) is 10.3 Å². The van der Waals surface area contributed by atoms with Crippen LogP contribution in [0.25, 0.3) is 11.3 Å². The zero-order valence-electron chi connectivity index (χ0n) is 15.2. The summed E-state index contributed by atoms with van der Waals surface area (Å²) < 4.78 is 5.36. The molecule has 0 aliphatic heterocycles. The minimum Gasteiger partial charge on any atom is -0.496 e. The fourth-order valence-corrected chi connectivity index (χ4v) is 2.73. The number of nitrogens with one attached hydrogen (secondary N) is 1. The Morgan fingerprint density at radius 3 is 2.58 bits per heavy atom. The summed E-state index contributed by atoms with van der Waals surface area (Å²) in [5, 5.41) is 12.0. The van der Waals surface area contributed by atoms with Gasteiger partial charge in [0.2, 0.25) is 0 Å². The molecule has 1 unspecified atom stereocenters. The van der Waals surface area contributed by atoms with E-state index in [2.05, 4.69) is 10.3 Å². The number of carboxylic acid groups (broad SMARTS) is 1. The summed E-state index contributed by atoms with van der Waals surface area (Å²) in [6.45, 7) is 4.01. The lowest BCUT2D eigenvalue weighted by molar-refractivity contribution is -0.142. The van der Waals surface area contributed by atoms with Crippen molar-refractivity contribution in [2.45, 2.75) is 20.3 Å². The molecular weight excluding hydrogens is 332 g/mol. The molecule has 0 bridgehead atoms. The lowest BCUT2D eigenvalue weighted by Gasteiger charge is -2.16. The quantitative estimate of drug-likeness (QED) is 0.758. The highest BCUT2D eigenvalue weighted by molar-refractivity contribution is 5.96. The highest BCUT2D eigenvalue weighted by Crippen LogP contribution is 2.29. The van der Waals surface area contributed by atoms with E-state index in [-0.39, 0.29) is 18.4 Å². The van der Waals surface area contributed by atoms with E-state index < -0.39 is 11.9 Å². The van der Waals surface area contributed by atoms with Crippen LogP contribution in [0, 0.1) is 11.8 Å². The third-order valence-corrected chi connectivity index (χ3v) is 4.02. The first-order valence-corrected chi connectivity index (χ1v) is 8.52. The normalized spacial score (nSPS) is 11.8. The van der Waals surface area contributed by atoms with Crippen LogP contribution >= 0.6 is 0 Å². The van der Waals surface area contributed by atoms with E-state index in [1.54, 1.807) is 31.5 Å². The number of hydrogen-bond acceptors (Lipinski definition) is 4. The van der Waals surface area contributed by atoms with E-state index >= 15 is 0 Å². The molecule has 0 saturated carbocycles. The fraction of sp³-hybridized carbons (Fsp3) is 0.350. The largest absolute Gasteiger partial charge is 0.496 e. The fourth-order valence-electron chi connectivity index (χ4n) is 2.73. The highest BCUT2D eigenvalue weighted by atomic mass is 16.5. The number of carbonyl (C=O) groups is 2. The van der Waals surface area contributed by atoms with Crippen molar-refractivity contribution in [3.8, 4) is 17.0 Å². The van der Waals surface area contributed by atoms with Crippen LogP contribution in [0.4, 0.5) is 0 Å². The smallest absolute Gasteiger partial charge is 0.308 e. The number of amides is 1. The van der Waals surface area contributed by atoms with Gasteiger partial charge in [-0.3, -0.25) is 14.6 Å². The molecule has 6 nitrogen and oxygen atoms in total. The molecule has 0 spiro atoms. The first-order valence-electron chi connectivity index (χ1n) is 8.52. The van der Waals surface area contributed by atoms with E-state index in [1.165, 1.54) is 0 Å². The zero-order valence-corrected chi connectivity index (χ0v) is 15.2. The first-order chi connectivity index (χ1) is 12.4. The Morgan fingerprint density at radius 1 is 1.23 bits per heavy atom. The Hall–Kier alpha value is -2.89. The molecule has 1 aromatic carbocycles. The molecule has 0 aliphatic rings. The molecule has 2 aromatic rings. The zero-order chi connectivity index (χ0) is 19.1. The number of benzene rings is 1. The van der Waals surface area contributed by atoms with Crippen LogP contribution in [0.5, 0.6) is 5.75 Å². The van der Waals surface area contributed by atoms with Gasteiger partial charge < -0.3 is 15.2 Å². The summed E-state index contributed by atoms with van der Waals surface area (Å²) in [7, 11) is 1.56. The maximum absolute atomic E-state index is 12.5. The third kappa shape index (κ3) is 5.05. The van der Waals surface area contributed by atoms with Gasteiger partial charge in [0.15, 0.2) is 0 Å². The Balaban J connectivity index is 2.18. The average molecular weight is 356 g/mol. The third-order valence-electron chi connectivity index (χ3n) is 4.02. The number of hydrogen-bond donors (Lipinski definition) is 2. The number of methoxy groups -OCH3 is 1. The van der Waals surface area contributed by atoms with E-state index in [9.17, 15) is 14.7 Å². The van der Waals surface area contributed by atoms with Gasteiger partial charge in [0, 0.05) is 23.9 Å². The van der Waals surface area contributed by atoms with Crippen LogP contribution in [0.15, 0.2) is 42.6 Å². The summed E-state index contributed by atoms with van der Waals surface area (Å²) in [6, 6.07) is 10.6. The van der Waals surface area contributed by atoms with Gasteiger partial charge in [-0.05, 0) is 42.7 Å². The second-order valence-electron chi connectivity index (χ2n) is 6.50. The molecular formula is C20H24N2O4. The second kappa shape index (κ2) is 8.99. The molecule has 0 saturated heterocycles. The monoisotopic (exact) mass is 356 g/mol. The minimum atomic E-state index is -0.900. The van der Waals surface area contributed by atoms with Gasteiger partial charge in [0.1, 0.15) is 5.75 Å². The molecule has 1 amide bonds. The number of pyridine rings is 1. The van der Waals surface area contributed by atoms with Crippen LogP contribution in [0.3, 0.4) is 0 Å². The van der Waals surface area contributed by atoms with Crippen molar-refractivity contribution in [3.63, 3.8) is 0 Å². The Morgan fingerprint density at radius 2 is 2.00 bits per heavy atom. The van der Waals surface area contributed by atoms with Gasteiger partial charge in [-0.1, -0.05) is 19.9 Å². The standard InChI is InChI=1S/C20H24N2O4/c1-13(2)10-15(20(24)25)12-22-19(23)14-7-8-18(26-3)16(11-14)17-6-4-5-9-21-17/h4-9,11,13,15H,10,12H2,1-3H3,(H,22,23)(H,24,25). The van der Waals surface area contributed by atoms with Gasteiger partial charge in [0.25, 0.3) is 5.91 Å². The lowest BCUT2D eigenvalue weighted by Crippen LogP contribution is -2.33. The molecule has 138 valence electrons. The van der Waals surface area contributed by atoms with E-state index in [0.717, 1.165) is 0 Å². The van der Waals surface area contributed by atoms with Gasteiger partial charge in [0.05, 0.1) is 18.7 Å². The van der Waals surface area contributed by atoms with E-state index in [0.29, 0.717) is 29.0 Å². The molecule has 1 atom stereocenters. The maximum Gasteiger partial charge on any atom is 0.308 e. The number of aliphatic carboxylic acids is 1. The summed E-state index contributed by atoms with van der Waals surface area (Å²) in [4.78, 5) is 28.1. The second-order valence-corrected chi connectivity index (χ2v) is 6.50.